The van der Waals surface area contributed by atoms with E-state index in [1.807, 2.05) is 0 Å². The van der Waals surface area contributed by atoms with Crippen LogP contribution in [0.3, 0.4) is 0 Å². The summed E-state index contributed by atoms with van der Waals surface area (Å²) in [5, 5.41) is 6.45. The zero-order valence-electron chi connectivity index (χ0n) is 14.5. The van der Waals surface area contributed by atoms with E-state index in [0.717, 1.165) is 25.9 Å². The van der Waals surface area contributed by atoms with Crippen molar-refractivity contribution in [3.63, 3.8) is 0 Å². The third-order valence-corrected chi connectivity index (χ3v) is 4.38. The highest BCUT2D eigenvalue weighted by Gasteiger charge is 2.15. The number of amides is 1. The fraction of sp³-hybridized carbons (Fsp3) is 0.941. The fourth-order valence-electron chi connectivity index (χ4n) is 3.23. The highest BCUT2D eigenvalue weighted by atomic mass is 16.1. The molecule has 0 aromatic rings. The summed E-state index contributed by atoms with van der Waals surface area (Å²) in [7, 11) is 0. The molecular formula is C17H35N3O. The Hall–Kier alpha value is -0.610. The molecule has 1 fully saturated rings. The molecule has 0 aromatic heterocycles. The molecule has 0 heterocycles. The molecule has 1 saturated carbocycles. The lowest BCUT2D eigenvalue weighted by molar-refractivity contribution is -0.121. The summed E-state index contributed by atoms with van der Waals surface area (Å²) in [6.07, 6.45) is 7.47. The predicted octanol–water partition coefficient (Wildman–Crippen LogP) is 2.53. The molecule has 4 nitrogen and oxygen atoms in total. The van der Waals surface area contributed by atoms with Gasteiger partial charge in [0, 0.05) is 31.2 Å². The van der Waals surface area contributed by atoms with E-state index in [4.69, 9.17) is 0 Å². The van der Waals surface area contributed by atoms with Gasteiger partial charge in [0.2, 0.25) is 5.91 Å². The Labute approximate surface area is 131 Å². The molecule has 4 heteroatoms. The van der Waals surface area contributed by atoms with E-state index < -0.39 is 0 Å². The highest BCUT2D eigenvalue weighted by molar-refractivity contribution is 5.78. The molecule has 0 unspecified atom stereocenters. The monoisotopic (exact) mass is 297 g/mol. The summed E-state index contributed by atoms with van der Waals surface area (Å²) >= 11 is 0. The Morgan fingerprint density at radius 3 is 2.14 bits per heavy atom. The van der Waals surface area contributed by atoms with E-state index in [1.54, 1.807) is 0 Å². The number of nitrogens with zero attached hydrogens (tertiary/aromatic N) is 1. The number of nitrogens with one attached hydrogen (secondary N) is 2. The average molecular weight is 297 g/mol. The van der Waals surface area contributed by atoms with E-state index in [1.165, 1.54) is 25.7 Å². The summed E-state index contributed by atoms with van der Waals surface area (Å²) in [4.78, 5) is 14.4. The quantitative estimate of drug-likeness (QED) is 0.534. The fourth-order valence-corrected chi connectivity index (χ4v) is 3.23. The van der Waals surface area contributed by atoms with Crippen molar-refractivity contribution >= 4 is 5.91 Å². The van der Waals surface area contributed by atoms with Crippen molar-refractivity contribution in [1.29, 1.82) is 0 Å². The molecule has 0 aliphatic heterocycles. The summed E-state index contributed by atoms with van der Waals surface area (Å²) in [6.45, 7) is 11.2. The summed E-state index contributed by atoms with van der Waals surface area (Å²) in [6, 6.07) is 1.50. The minimum Gasteiger partial charge on any atom is -0.352 e. The highest BCUT2D eigenvalue weighted by Crippen LogP contribution is 2.16. The summed E-state index contributed by atoms with van der Waals surface area (Å²) in [5.74, 6) is 0.155. The van der Waals surface area contributed by atoms with Gasteiger partial charge in [0.15, 0.2) is 0 Å². The van der Waals surface area contributed by atoms with Crippen molar-refractivity contribution in [3.05, 3.63) is 0 Å². The van der Waals surface area contributed by atoms with Crippen LogP contribution >= 0.6 is 0 Å². The maximum atomic E-state index is 11.9. The molecule has 0 spiro atoms. The van der Waals surface area contributed by atoms with Gasteiger partial charge in [0.05, 0.1) is 6.54 Å². The molecule has 0 radical (unpaired) electrons. The number of hydrogen-bond acceptors (Lipinski definition) is 3. The Bertz CT molecular complexity index is 276. The van der Waals surface area contributed by atoms with Gasteiger partial charge < -0.3 is 10.6 Å². The van der Waals surface area contributed by atoms with Crippen LogP contribution in [0.4, 0.5) is 0 Å². The lowest BCUT2D eigenvalue weighted by Gasteiger charge is -2.30. The zero-order valence-corrected chi connectivity index (χ0v) is 14.5. The molecule has 0 atom stereocenters. The molecule has 1 rings (SSSR count). The van der Waals surface area contributed by atoms with Gasteiger partial charge in [-0.3, -0.25) is 9.69 Å². The smallest absolute Gasteiger partial charge is 0.234 e. The Morgan fingerprint density at radius 1 is 1.05 bits per heavy atom. The average Bonchev–Trinajstić information content (AvgIpc) is 2.66. The number of rotatable bonds is 8. The van der Waals surface area contributed by atoms with E-state index >= 15 is 0 Å². The molecule has 0 saturated heterocycles. The van der Waals surface area contributed by atoms with Crippen molar-refractivity contribution in [3.8, 4) is 0 Å². The van der Waals surface area contributed by atoms with E-state index in [-0.39, 0.29) is 5.91 Å². The standard InChI is InChI=1S/C17H35N3O/c1-14(2)20(15(3)4)12-11-18-13-17(21)19-16-9-7-5-6-8-10-16/h14-16,18H,5-13H2,1-4H3,(H,19,21). The van der Waals surface area contributed by atoms with Gasteiger partial charge >= 0.3 is 0 Å². The van der Waals surface area contributed by atoms with E-state index in [0.29, 0.717) is 24.7 Å². The van der Waals surface area contributed by atoms with Crippen LogP contribution in [0.25, 0.3) is 0 Å². The first-order chi connectivity index (χ1) is 10.0. The van der Waals surface area contributed by atoms with Gasteiger partial charge in [-0.25, -0.2) is 0 Å². The van der Waals surface area contributed by atoms with Gasteiger partial charge in [0.1, 0.15) is 0 Å². The SMILES string of the molecule is CC(C)N(CCNCC(=O)NC1CCCCCC1)C(C)C. The Kier molecular flexibility index (Phi) is 8.93. The molecule has 2 N–H and O–H groups in total. The van der Waals surface area contributed by atoms with Crippen LogP contribution in [0, 0.1) is 0 Å². The van der Waals surface area contributed by atoms with Crippen LogP contribution in [0.2, 0.25) is 0 Å². The topological polar surface area (TPSA) is 44.4 Å². The second kappa shape index (κ2) is 10.2. The summed E-state index contributed by atoms with van der Waals surface area (Å²) < 4.78 is 0. The van der Waals surface area contributed by atoms with Crippen LogP contribution < -0.4 is 10.6 Å². The van der Waals surface area contributed by atoms with Crippen LogP contribution in [0.5, 0.6) is 0 Å². The van der Waals surface area contributed by atoms with E-state index in [2.05, 4.69) is 43.2 Å². The van der Waals surface area contributed by atoms with Gasteiger partial charge in [-0.05, 0) is 40.5 Å². The molecule has 1 aliphatic carbocycles. The molecular weight excluding hydrogens is 262 g/mol. The first-order valence-corrected chi connectivity index (χ1v) is 8.76. The van der Waals surface area contributed by atoms with Gasteiger partial charge in [-0.1, -0.05) is 25.7 Å². The van der Waals surface area contributed by atoms with Crippen LogP contribution in [0.1, 0.15) is 66.2 Å². The lowest BCUT2D eigenvalue weighted by atomic mass is 10.1. The van der Waals surface area contributed by atoms with Crippen molar-refractivity contribution < 1.29 is 4.79 Å². The first-order valence-electron chi connectivity index (χ1n) is 8.76. The third kappa shape index (κ3) is 7.82. The Balaban J connectivity index is 2.15. The van der Waals surface area contributed by atoms with Crippen molar-refractivity contribution in [2.75, 3.05) is 19.6 Å². The third-order valence-electron chi connectivity index (χ3n) is 4.38. The maximum Gasteiger partial charge on any atom is 0.234 e. The van der Waals surface area contributed by atoms with Crippen LogP contribution in [-0.4, -0.2) is 48.6 Å². The molecule has 21 heavy (non-hydrogen) atoms. The first kappa shape index (κ1) is 18.4. The normalized spacial score (nSPS) is 17.5. The van der Waals surface area contributed by atoms with Crippen molar-refractivity contribution in [1.82, 2.24) is 15.5 Å². The van der Waals surface area contributed by atoms with Crippen LogP contribution in [0.15, 0.2) is 0 Å². The summed E-state index contributed by atoms with van der Waals surface area (Å²) in [5.41, 5.74) is 0. The number of carbonyl (C=O) groups excluding carboxylic acids is 1. The number of hydrogen-bond donors (Lipinski definition) is 2. The second-order valence-corrected chi connectivity index (χ2v) is 6.86. The number of carbonyl (C=O) groups is 1. The lowest BCUT2D eigenvalue weighted by Crippen LogP contribution is -2.44. The van der Waals surface area contributed by atoms with Gasteiger partial charge in [-0.15, -0.1) is 0 Å². The maximum absolute atomic E-state index is 11.9. The minimum atomic E-state index is 0.155. The Morgan fingerprint density at radius 2 is 1.62 bits per heavy atom. The molecule has 1 amide bonds. The van der Waals surface area contributed by atoms with Crippen molar-refractivity contribution in [2.45, 2.75) is 84.3 Å². The zero-order chi connectivity index (χ0) is 15.7. The molecule has 1 aliphatic rings. The second-order valence-electron chi connectivity index (χ2n) is 6.86. The van der Waals surface area contributed by atoms with Crippen LogP contribution in [-0.2, 0) is 4.79 Å². The van der Waals surface area contributed by atoms with E-state index in [9.17, 15) is 4.79 Å². The van der Waals surface area contributed by atoms with Gasteiger partial charge in [0.25, 0.3) is 0 Å². The molecule has 0 bridgehead atoms. The van der Waals surface area contributed by atoms with Crippen molar-refractivity contribution in [2.24, 2.45) is 0 Å². The predicted molar refractivity (Wildman–Crippen MR) is 89.5 cm³/mol. The minimum absolute atomic E-state index is 0.155. The molecule has 0 aromatic carbocycles. The molecule has 124 valence electrons. The largest absolute Gasteiger partial charge is 0.352 e. The van der Waals surface area contributed by atoms with Gasteiger partial charge in [-0.2, -0.15) is 0 Å².